The van der Waals surface area contributed by atoms with Crippen LogP contribution in [-0.2, 0) is 14.3 Å². The van der Waals surface area contributed by atoms with Crippen LogP contribution in [0.5, 0.6) is 0 Å². The van der Waals surface area contributed by atoms with E-state index in [-0.39, 0.29) is 31.4 Å². The first-order chi connectivity index (χ1) is 9.61. The molecule has 1 saturated heterocycles. The number of likely N-dealkylation sites (tertiary alicyclic amines) is 1. The number of piperidine rings is 1. The number of hydrogen-bond donors (Lipinski definition) is 1. The SMILES string of the molecule is CC(=O)N[C@@H]1CC[C@@H](C(F)(F)F)N(C(=O)COC(C)C)C1. The summed E-state index contributed by atoms with van der Waals surface area (Å²) in [6, 6.07) is -2.27. The predicted molar refractivity (Wildman–Crippen MR) is 69.5 cm³/mol. The van der Waals surface area contributed by atoms with E-state index in [1.807, 2.05) is 0 Å². The Kier molecular flexibility index (Phi) is 6.00. The first kappa shape index (κ1) is 17.7. The Labute approximate surface area is 121 Å². The van der Waals surface area contributed by atoms with Gasteiger partial charge in [-0.15, -0.1) is 0 Å². The lowest BCUT2D eigenvalue weighted by Crippen LogP contribution is -2.58. The van der Waals surface area contributed by atoms with Crippen molar-refractivity contribution in [2.24, 2.45) is 0 Å². The van der Waals surface area contributed by atoms with Gasteiger partial charge in [-0.2, -0.15) is 13.2 Å². The number of carbonyl (C=O) groups is 2. The quantitative estimate of drug-likeness (QED) is 0.855. The van der Waals surface area contributed by atoms with Gasteiger partial charge in [0.2, 0.25) is 11.8 Å². The number of carbonyl (C=O) groups excluding carboxylic acids is 2. The average molecular weight is 310 g/mol. The fraction of sp³-hybridized carbons (Fsp3) is 0.846. The first-order valence-electron chi connectivity index (χ1n) is 6.86. The number of rotatable bonds is 4. The van der Waals surface area contributed by atoms with Crippen molar-refractivity contribution >= 4 is 11.8 Å². The van der Waals surface area contributed by atoms with Gasteiger partial charge in [-0.1, -0.05) is 0 Å². The number of nitrogens with zero attached hydrogens (tertiary/aromatic N) is 1. The normalized spacial score (nSPS) is 23.3. The molecule has 1 heterocycles. The van der Waals surface area contributed by atoms with Crippen LogP contribution in [0.25, 0.3) is 0 Å². The Hall–Kier alpha value is -1.31. The highest BCUT2D eigenvalue weighted by molar-refractivity contribution is 5.78. The molecule has 0 aliphatic carbocycles. The number of alkyl halides is 3. The second-order valence-electron chi connectivity index (χ2n) is 5.44. The van der Waals surface area contributed by atoms with Gasteiger partial charge in [0.15, 0.2) is 0 Å². The molecule has 0 aromatic heterocycles. The maximum absolute atomic E-state index is 13.0. The van der Waals surface area contributed by atoms with Crippen LogP contribution >= 0.6 is 0 Å². The summed E-state index contributed by atoms with van der Waals surface area (Å²) in [4.78, 5) is 23.8. The Balaban J connectivity index is 2.78. The van der Waals surface area contributed by atoms with E-state index in [0.717, 1.165) is 4.90 Å². The topological polar surface area (TPSA) is 58.6 Å². The molecule has 0 unspecified atom stereocenters. The molecular weight excluding hydrogens is 289 g/mol. The van der Waals surface area contributed by atoms with Crippen LogP contribution in [0.4, 0.5) is 13.2 Å². The van der Waals surface area contributed by atoms with E-state index in [9.17, 15) is 22.8 Å². The summed E-state index contributed by atoms with van der Waals surface area (Å²) < 4.78 is 44.1. The second kappa shape index (κ2) is 7.11. The fourth-order valence-electron chi connectivity index (χ4n) is 2.31. The van der Waals surface area contributed by atoms with Crippen LogP contribution in [0.1, 0.15) is 33.6 Å². The Morgan fingerprint density at radius 2 is 1.95 bits per heavy atom. The maximum atomic E-state index is 13.0. The largest absolute Gasteiger partial charge is 0.408 e. The van der Waals surface area contributed by atoms with Gasteiger partial charge < -0.3 is 15.0 Å². The lowest BCUT2D eigenvalue weighted by molar-refractivity contribution is -0.199. The van der Waals surface area contributed by atoms with Gasteiger partial charge in [0.05, 0.1) is 6.10 Å². The summed E-state index contributed by atoms with van der Waals surface area (Å²) in [5.41, 5.74) is 0. The monoisotopic (exact) mass is 310 g/mol. The maximum Gasteiger partial charge on any atom is 0.408 e. The van der Waals surface area contributed by atoms with Crippen molar-refractivity contribution in [3.63, 3.8) is 0 Å². The predicted octanol–water partition coefficient (Wildman–Crippen LogP) is 1.47. The van der Waals surface area contributed by atoms with Crippen LogP contribution in [0.15, 0.2) is 0 Å². The van der Waals surface area contributed by atoms with Crippen molar-refractivity contribution in [1.29, 1.82) is 0 Å². The van der Waals surface area contributed by atoms with Crippen LogP contribution in [0, 0.1) is 0 Å². The lowest BCUT2D eigenvalue weighted by Gasteiger charge is -2.40. The highest BCUT2D eigenvalue weighted by Crippen LogP contribution is 2.32. The molecule has 2 atom stereocenters. The minimum atomic E-state index is -4.48. The smallest absolute Gasteiger partial charge is 0.369 e. The first-order valence-corrected chi connectivity index (χ1v) is 6.86. The molecule has 2 amide bonds. The molecular formula is C13H21F3N2O3. The van der Waals surface area contributed by atoms with Crippen LogP contribution < -0.4 is 5.32 Å². The molecule has 0 radical (unpaired) electrons. The zero-order valence-electron chi connectivity index (χ0n) is 12.4. The zero-order valence-corrected chi connectivity index (χ0v) is 12.4. The number of nitrogens with one attached hydrogen (secondary N) is 1. The fourth-order valence-corrected chi connectivity index (χ4v) is 2.31. The van der Waals surface area contributed by atoms with Crippen molar-refractivity contribution in [2.75, 3.05) is 13.2 Å². The van der Waals surface area contributed by atoms with Crippen LogP contribution in [0.3, 0.4) is 0 Å². The van der Waals surface area contributed by atoms with E-state index in [1.165, 1.54) is 6.92 Å². The van der Waals surface area contributed by atoms with E-state index in [1.54, 1.807) is 13.8 Å². The lowest BCUT2D eigenvalue weighted by atomic mass is 9.97. The third-order valence-electron chi connectivity index (χ3n) is 3.23. The van der Waals surface area contributed by atoms with Crippen LogP contribution in [-0.4, -0.2) is 54.2 Å². The molecule has 1 aliphatic rings. The van der Waals surface area contributed by atoms with E-state index in [2.05, 4.69) is 5.32 Å². The van der Waals surface area contributed by atoms with Crippen molar-refractivity contribution in [3.05, 3.63) is 0 Å². The van der Waals surface area contributed by atoms with Gasteiger partial charge in [0.25, 0.3) is 0 Å². The number of ether oxygens (including phenoxy) is 1. The van der Waals surface area contributed by atoms with E-state index in [4.69, 9.17) is 4.74 Å². The number of halogens is 3. The number of amides is 2. The van der Waals surface area contributed by atoms with Crippen molar-refractivity contribution in [3.8, 4) is 0 Å². The third kappa shape index (κ3) is 5.53. The summed E-state index contributed by atoms with van der Waals surface area (Å²) >= 11 is 0. The molecule has 1 N–H and O–H groups in total. The molecule has 0 saturated carbocycles. The minimum absolute atomic E-state index is 0.149. The highest BCUT2D eigenvalue weighted by Gasteiger charge is 2.48. The zero-order chi connectivity index (χ0) is 16.2. The molecule has 0 aromatic carbocycles. The molecule has 122 valence electrons. The van der Waals surface area contributed by atoms with Gasteiger partial charge in [-0.05, 0) is 26.7 Å². The summed E-state index contributed by atoms with van der Waals surface area (Å²) in [5.74, 6) is -1.03. The highest BCUT2D eigenvalue weighted by atomic mass is 19.4. The van der Waals surface area contributed by atoms with E-state index >= 15 is 0 Å². The van der Waals surface area contributed by atoms with Gasteiger partial charge in [-0.25, -0.2) is 0 Å². The summed E-state index contributed by atoms with van der Waals surface area (Å²) in [6.07, 6.45) is -4.75. The molecule has 21 heavy (non-hydrogen) atoms. The van der Waals surface area contributed by atoms with Gasteiger partial charge in [-0.3, -0.25) is 9.59 Å². The Bertz CT molecular complexity index is 385. The standard InChI is InChI=1S/C13H21F3N2O3/c1-8(2)21-7-12(20)18-6-10(17-9(3)19)4-5-11(18)13(14,15)16/h8,10-11H,4-7H2,1-3H3,(H,17,19)/t10-,11+/m1/s1. The Morgan fingerprint density at radius 1 is 1.33 bits per heavy atom. The molecule has 1 rings (SSSR count). The molecule has 5 nitrogen and oxygen atoms in total. The summed E-state index contributed by atoms with van der Waals surface area (Å²) in [5, 5.41) is 2.56. The summed E-state index contributed by atoms with van der Waals surface area (Å²) in [7, 11) is 0. The van der Waals surface area contributed by atoms with Gasteiger partial charge >= 0.3 is 6.18 Å². The Morgan fingerprint density at radius 3 is 2.43 bits per heavy atom. The summed E-state index contributed by atoms with van der Waals surface area (Å²) in [6.45, 7) is 4.15. The second-order valence-corrected chi connectivity index (χ2v) is 5.44. The van der Waals surface area contributed by atoms with Crippen LogP contribution in [0.2, 0.25) is 0 Å². The molecule has 0 bridgehead atoms. The molecule has 1 fully saturated rings. The minimum Gasteiger partial charge on any atom is -0.369 e. The van der Waals surface area contributed by atoms with Crippen molar-refractivity contribution in [1.82, 2.24) is 10.2 Å². The molecule has 8 heteroatoms. The average Bonchev–Trinajstić information content (AvgIpc) is 2.33. The van der Waals surface area contributed by atoms with Gasteiger partial charge in [0.1, 0.15) is 12.6 Å². The van der Waals surface area contributed by atoms with E-state index in [0.29, 0.717) is 0 Å². The van der Waals surface area contributed by atoms with E-state index < -0.39 is 30.8 Å². The number of hydrogen-bond acceptors (Lipinski definition) is 3. The van der Waals surface area contributed by atoms with Crippen molar-refractivity contribution < 1.29 is 27.5 Å². The molecule has 1 aliphatic heterocycles. The van der Waals surface area contributed by atoms with Crippen molar-refractivity contribution in [2.45, 2.75) is 58.0 Å². The molecule has 0 aromatic rings. The van der Waals surface area contributed by atoms with Gasteiger partial charge in [0, 0.05) is 19.5 Å². The third-order valence-corrected chi connectivity index (χ3v) is 3.23. The molecule has 0 spiro atoms.